The first-order chi connectivity index (χ1) is 10.5. The number of ketones is 1. The summed E-state index contributed by atoms with van der Waals surface area (Å²) in [5.74, 6) is -0.355. The number of carbonyl (C=O) groups is 2. The number of amides is 1. The van der Waals surface area contributed by atoms with Crippen LogP contribution in [0, 0.1) is 0 Å². The van der Waals surface area contributed by atoms with Crippen LogP contribution in [0.5, 0.6) is 0 Å². The fraction of sp³-hybridized carbons (Fsp3) is 0.214. The van der Waals surface area contributed by atoms with Gasteiger partial charge in [0.25, 0.3) is 5.91 Å². The Morgan fingerprint density at radius 1 is 1.45 bits per heavy atom. The molecule has 22 heavy (non-hydrogen) atoms. The smallest absolute Gasteiger partial charge is 0.256 e. The molecule has 0 bridgehead atoms. The highest BCUT2D eigenvalue weighted by atomic mass is 16.2. The van der Waals surface area contributed by atoms with Gasteiger partial charge in [-0.25, -0.2) is 4.98 Å². The minimum absolute atomic E-state index is 0.149. The Morgan fingerprint density at radius 2 is 2.23 bits per heavy atom. The van der Waals surface area contributed by atoms with Crippen LogP contribution in [0.15, 0.2) is 29.6 Å². The standard InChI is InChI=1S/C14H12N6O2/c1-8(21)13-12-6-19(2)14(22)10-5-9(17-18-15)3-4-11(10)20(12)7-16-13/h3-5,7H,6H2,1-2H3. The lowest BCUT2D eigenvalue weighted by Crippen LogP contribution is -2.25. The molecule has 3 rings (SSSR count). The first-order valence-corrected chi connectivity index (χ1v) is 6.55. The molecule has 1 aromatic carbocycles. The summed E-state index contributed by atoms with van der Waals surface area (Å²) in [6.45, 7) is 1.72. The summed E-state index contributed by atoms with van der Waals surface area (Å²) in [5.41, 5.74) is 10.9. The number of rotatable bonds is 2. The van der Waals surface area contributed by atoms with E-state index in [9.17, 15) is 9.59 Å². The molecule has 0 aliphatic carbocycles. The predicted octanol–water partition coefficient (Wildman–Crippen LogP) is 2.60. The highest BCUT2D eigenvalue weighted by Crippen LogP contribution is 2.28. The van der Waals surface area contributed by atoms with Crippen molar-refractivity contribution < 1.29 is 9.59 Å². The van der Waals surface area contributed by atoms with Crippen molar-refractivity contribution in [3.05, 3.63) is 51.9 Å². The van der Waals surface area contributed by atoms with E-state index in [1.54, 1.807) is 23.7 Å². The van der Waals surface area contributed by atoms with E-state index in [1.807, 2.05) is 0 Å². The normalized spacial score (nSPS) is 13.0. The fourth-order valence-electron chi connectivity index (χ4n) is 2.55. The van der Waals surface area contributed by atoms with Gasteiger partial charge in [0.1, 0.15) is 12.0 Å². The Balaban J connectivity index is 2.28. The summed E-state index contributed by atoms with van der Waals surface area (Å²) in [4.78, 5) is 32.6. The van der Waals surface area contributed by atoms with Crippen molar-refractivity contribution in [2.45, 2.75) is 13.5 Å². The Bertz CT molecular complexity index is 847. The van der Waals surface area contributed by atoms with E-state index in [2.05, 4.69) is 15.0 Å². The van der Waals surface area contributed by atoms with E-state index in [-0.39, 0.29) is 18.2 Å². The Morgan fingerprint density at radius 3 is 2.91 bits per heavy atom. The van der Waals surface area contributed by atoms with Gasteiger partial charge in [-0.05, 0) is 17.7 Å². The molecular weight excluding hydrogens is 284 g/mol. The molecule has 8 nitrogen and oxygen atoms in total. The van der Waals surface area contributed by atoms with Gasteiger partial charge in [-0.3, -0.25) is 14.2 Å². The van der Waals surface area contributed by atoms with E-state index in [4.69, 9.17) is 5.53 Å². The number of Topliss-reactive ketones (excluding diaryl/α,β-unsaturated/α-hetero) is 1. The second kappa shape index (κ2) is 5.01. The number of hydrogen-bond acceptors (Lipinski definition) is 4. The zero-order chi connectivity index (χ0) is 15.9. The zero-order valence-corrected chi connectivity index (χ0v) is 12.0. The van der Waals surface area contributed by atoms with Crippen LogP contribution >= 0.6 is 0 Å². The highest BCUT2D eigenvalue weighted by molar-refractivity contribution is 6.00. The Labute approximate surface area is 125 Å². The molecule has 0 spiro atoms. The van der Waals surface area contributed by atoms with E-state index in [0.29, 0.717) is 28.3 Å². The molecule has 110 valence electrons. The van der Waals surface area contributed by atoms with Crippen LogP contribution in [0.4, 0.5) is 5.69 Å². The third kappa shape index (κ3) is 2.02. The molecule has 0 atom stereocenters. The quantitative estimate of drug-likeness (QED) is 0.368. The van der Waals surface area contributed by atoms with E-state index < -0.39 is 0 Å². The summed E-state index contributed by atoms with van der Waals surface area (Å²) in [5, 5.41) is 3.53. The molecule has 0 N–H and O–H groups in total. The number of imidazole rings is 1. The maximum atomic E-state index is 12.5. The van der Waals surface area contributed by atoms with Gasteiger partial charge in [0, 0.05) is 24.6 Å². The monoisotopic (exact) mass is 296 g/mol. The number of hydrogen-bond donors (Lipinski definition) is 0. The Kier molecular flexibility index (Phi) is 3.15. The number of nitrogens with zero attached hydrogens (tertiary/aromatic N) is 6. The molecule has 0 fully saturated rings. The van der Waals surface area contributed by atoms with E-state index >= 15 is 0 Å². The zero-order valence-electron chi connectivity index (χ0n) is 12.0. The number of aromatic nitrogens is 2. The molecular formula is C14H12N6O2. The van der Waals surface area contributed by atoms with Crippen LogP contribution in [0.25, 0.3) is 16.1 Å². The van der Waals surface area contributed by atoms with Gasteiger partial charge in [0.15, 0.2) is 5.78 Å². The van der Waals surface area contributed by atoms with Crippen molar-refractivity contribution >= 4 is 17.4 Å². The molecule has 1 amide bonds. The van der Waals surface area contributed by atoms with Crippen molar-refractivity contribution in [3.63, 3.8) is 0 Å². The molecule has 0 saturated carbocycles. The van der Waals surface area contributed by atoms with Crippen LogP contribution in [-0.2, 0) is 6.54 Å². The largest absolute Gasteiger partial charge is 0.336 e. The second-order valence-corrected chi connectivity index (χ2v) is 5.02. The molecule has 1 aliphatic rings. The van der Waals surface area contributed by atoms with Crippen LogP contribution in [0.1, 0.15) is 33.5 Å². The third-order valence-electron chi connectivity index (χ3n) is 3.56. The first kappa shape index (κ1) is 13.8. The van der Waals surface area contributed by atoms with Crippen molar-refractivity contribution in [2.75, 3.05) is 7.05 Å². The lowest BCUT2D eigenvalue weighted by Gasteiger charge is -2.14. The van der Waals surface area contributed by atoms with E-state index in [0.717, 1.165) is 0 Å². The van der Waals surface area contributed by atoms with E-state index in [1.165, 1.54) is 24.2 Å². The lowest BCUT2D eigenvalue weighted by molar-refractivity contribution is 0.0786. The van der Waals surface area contributed by atoms with Gasteiger partial charge in [-0.2, -0.15) is 0 Å². The number of fused-ring (bicyclic) bond motifs is 3. The molecule has 1 aromatic heterocycles. The van der Waals surface area contributed by atoms with Crippen LogP contribution < -0.4 is 0 Å². The molecule has 1 aliphatic heterocycles. The topological polar surface area (TPSA) is 104 Å². The summed E-state index contributed by atoms with van der Waals surface area (Å²) >= 11 is 0. The molecule has 0 unspecified atom stereocenters. The van der Waals surface area contributed by atoms with Gasteiger partial charge in [0.2, 0.25) is 0 Å². The molecule has 0 radical (unpaired) electrons. The lowest BCUT2D eigenvalue weighted by atomic mass is 10.1. The van der Waals surface area contributed by atoms with Crippen molar-refractivity contribution in [3.8, 4) is 5.69 Å². The molecule has 2 heterocycles. The fourth-order valence-corrected chi connectivity index (χ4v) is 2.55. The summed E-state index contributed by atoms with van der Waals surface area (Å²) in [7, 11) is 1.65. The average Bonchev–Trinajstić information content (AvgIpc) is 2.86. The average molecular weight is 296 g/mol. The Hall–Kier alpha value is -3.12. The SMILES string of the molecule is CC(=O)c1ncn2c1CN(C)C(=O)c1cc(N=[N+]=[N-])ccc1-2. The predicted molar refractivity (Wildman–Crippen MR) is 78.2 cm³/mol. The van der Waals surface area contributed by atoms with Gasteiger partial charge in [-0.15, -0.1) is 0 Å². The van der Waals surface area contributed by atoms with Gasteiger partial charge in [0.05, 0.1) is 23.5 Å². The molecule has 0 saturated heterocycles. The second-order valence-electron chi connectivity index (χ2n) is 5.02. The van der Waals surface area contributed by atoms with Gasteiger partial charge in [-0.1, -0.05) is 11.2 Å². The van der Waals surface area contributed by atoms with Gasteiger partial charge >= 0.3 is 0 Å². The maximum Gasteiger partial charge on any atom is 0.256 e. The summed E-state index contributed by atoms with van der Waals surface area (Å²) < 4.78 is 1.73. The maximum absolute atomic E-state index is 12.5. The minimum atomic E-state index is -0.205. The third-order valence-corrected chi connectivity index (χ3v) is 3.56. The van der Waals surface area contributed by atoms with Crippen molar-refractivity contribution in [1.82, 2.24) is 14.5 Å². The first-order valence-electron chi connectivity index (χ1n) is 6.55. The summed E-state index contributed by atoms with van der Waals surface area (Å²) in [6, 6.07) is 4.84. The minimum Gasteiger partial charge on any atom is -0.336 e. The van der Waals surface area contributed by atoms with Crippen molar-refractivity contribution in [1.29, 1.82) is 0 Å². The van der Waals surface area contributed by atoms with Gasteiger partial charge < -0.3 is 4.90 Å². The number of azide groups is 1. The number of carbonyl (C=O) groups excluding carboxylic acids is 2. The van der Waals surface area contributed by atoms with Crippen LogP contribution in [-0.4, -0.2) is 33.2 Å². The van der Waals surface area contributed by atoms with Crippen LogP contribution in [0.3, 0.4) is 0 Å². The highest BCUT2D eigenvalue weighted by Gasteiger charge is 2.27. The molecule has 8 heteroatoms. The molecule has 2 aromatic rings. The summed E-state index contributed by atoms with van der Waals surface area (Å²) in [6.07, 6.45) is 1.53. The number of benzene rings is 1. The van der Waals surface area contributed by atoms with Crippen molar-refractivity contribution in [2.24, 2.45) is 5.11 Å². The van der Waals surface area contributed by atoms with Crippen LogP contribution in [0.2, 0.25) is 0 Å².